The molecule has 2 amide bonds. The number of aliphatic hydroxyl groups is 2. The maximum atomic E-state index is 13.2. The van der Waals surface area contributed by atoms with E-state index in [1.54, 1.807) is 4.90 Å². The molecule has 4 atom stereocenters. The molecular weight excluding hydrogens is 498 g/mol. The summed E-state index contributed by atoms with van der Waals surface area (Å²) in [6.45, 7) is 4.10. The van der Waals surface area contributed by atoms with E-state index in [0.29, 0.717) is 18.9 Å². The van der Waals surface area contributed by atoms with Crippen molar-refractivity contribution >= 4 is 29.6 Å². The van der Waals surface area contributed by atoms with Crippen molar-refractivity contribution in [3.8, 4) is 0 Å². The minimum Gasteiger partial charge on any atom is -0.479 e. The van der Waals surface area contributed by atoms with Crippen LogP contribution in [0.2, 0.25) is 0 Å². The summed E-state index contributed by atoms with van der Waals surface area (Å²) in [5.74, 6) is -1.30. The molecule has 5 N–H and O–H groups in total. The Morgan fingerprint density at radius 1 is 1.16 bits per heavy atom. The number of aromatic amines is 1. The normalized spacial score (nSPS) is 21.7. The van der Waals surface area contributed by atoms with E-state index in [9.17, 15) is 14.4 Å². The van der Waals surface area contributed by atoms with Gasteiger partial charge in [-0.15, -0.1) is 0 Å². The smallest absolute Gasteiger partial charge is 0.335 e. The molecule has 0 saturated carbocycles. The van der Waals surface area contributed by atoms with Gasteiger partial charge in [-0.1, -0.05) is 37.3 Å². The van der Waals surface area contributed by atoms with Crippen LogP contribution in [0.3, 0.4) is 0 Å². The number of hydrogen-bond acceptors (Lipinski definition) is 8. The number of urea groups is 1. The second-order valence-corrected chi connectivity index (χ2v) is 9.23. The van der Waals surface area contributed by atoms with Gasteiger partial charge in [-0.25, -0.2) is 19.4 Å². The predicted octanol–water partition coefficient (Wildman–Crippen LogP) is 1.16. The molecule has 2 aromatic rings. The molecule has 3 unspecified atom stereocenters. The number of nitrogens with zero attached hydrogens (tertiary/aromatic N) is 4. The fourth-order valence-electron chi connectivity index (χ4n) is 4.56. The number of amidine groups is 1. The molecule has 0 bridgehead atoms. The van der Waals surface area contributed by atoms with E-state index >= 15 is 0 Å². The molecule has 1 aromatic heterocycles. The van der Waals surface area contributed by atoms with Crippen molar-refractivity contribution in [2.24, 2.45) is 4.99 Å². The van der Waals surface area contributed by atoms with E-state index in [2.05, 4.69) is 24.0 Å². The van der Waals surface area contributed by atoms with Crippen LogP contribution in [-0.2, 0) is 20.7 Å². The Labute approximate surface area is 218 Å². The van der Waals surface area contributed by atoms with Crippen molar-refractivity contribution in [3.05, 3.63) is 47.4 Å². The first-order valence-corrected chi connectivity index (χ1v) is 12.5. The second-order valence-electron chi connectivity index (χ2n) is 9.23. The number of aliphatic hydroxyl groups excluding tert-OH is 2. The number of ether oxygens (including phenoxy) is 1. The number of carboxylic acid groups (broad SMARTS) is 2. The average molecular weight is 530 g/mol. The summed E-state index contributed by atoms with van der Waals surface area (Å²) in [7, 11) is 0. The van der Waals surface area contributed by atoms with E-state index in [0.717, 1.165) is 49.6 Å². The molecule has 0 radical (unpaired) electrons. The number of rotatable bonds is 8. The number of benzene rings is 1. The summed E-state index contributed by atoms with van der Waals surface area (Å²) in [5, 5.41) is 32.5. The molecule has 1 fully saturated rings. The average Bonchev–Trinajstić information content (AvgIpc) is 3.66. The highest BCUT2D eigenvalue weighted by atomic mass is 16.5. The zero-order valence-electron chi connectivity index (χ0n) is 20.9. The van der Waals surface area contributed by atoms with Gasteiger partial charge >= 0.3 is 18.0 Å². The van der Waals surface area contributed by atoms with Crippen LogP contribution in [-0.4, -0.2) is 97.0 Å². The van der Waals surface area contributed by atoms with E-state index in [1.165, 1.54) is 5.56 Å². The zero-order chi connectivity index (χ0) is 27.4. The van der Waals surface area contributed by atoms with Gasteiger partial charge in [0.1, 0.15) is 17.6 Å². The van der Waals surface area contributed by atoms with Crippen molar-refractivity contribution in [1.29, 1.82) is 0 Å². The third kappa shape index (κ3) is 5.69. The summed E-state index contributed by atoms with van der Waals surface area (Å²) in [4.78, 5) is 49.4. The number of carbonyl (C=O) groups excluding carboxylic acids is 1. The minimum atomic E-state index is -2.27. The Bertz CT molecular complexity index is 1180. The number of hydrogen-bond donors (Lipinski definition) is 5. The van der Waals surface area contributed by atoms with Crippen LogP contribution >= 0.6 is 0 Å². The molecule has 5 rings (SSSR count). The predicted molar refractivity (Wildman–Crippen MR) is 134 cm³/mol. The molecule has 13 nitrogen and oxygen atoms in total. The monoisotopic (exact) mass is 529 g/mol. The van der Waals surface area contributed by atoms with Crippen molar-refractivity contribution in [2.45, 2.75) is 57.0 Å². The molecule has 38 heavy (non-hydrogen) atoms. The van der Waals surface area contributed by atoms with Crippen LogP contribution in [0.1, 0.15) is 49.4 Å². The SMILES string of the molecule is CCCN1C(=O)N2CC(Cc3ccccc3)N=C2c2[nH]c([C@H]3CCCO3)nc21.O=C(O)C(O)C(O)C(=O)O. The van der Waals surface area contributed by atoms with Crippen molar-refractivity contribution in [3.63, 3.8) is 0 Å². The fraction of sp³-hybridized carbons (Fsp3) is 0.480. The highest BCUT2D eigenvalue weighted by Crippen LogP contribution is 2.35. The second kappa shape index (κ2) is 11.7. The third-order valence-electron chi connectivity index (χ3n) is 6.40. The summed E-state index contributed by atoms with van der Waals surface area (Å²) >= 11 is 0. The van der Waals surface area contributed by atoms with E-state index in [-0.39, 0.29) is 18.2 Å². The van der Waals surface area contributed by atoms with Gasteiger partial charge in [-0.3, -0.25) is 14.8 Å². The molecule has 204 valence electrons. The molecule has 1 aromatic carbocycles. The van der Waals surface area contributed by atoms with Crippen LogP contribution in [0.4, 0.5) is 10.6 Å². The van der Waals surface area contributed by atoms with Gasteiger partial charge in [0.15, 0.2) is 23.9 Å². The van der Waals surface area contributed by atoms with Gasteiger partial charge < -0.3 is 30.1 Å². The molecule has 1 saturated heterocycles. The van der Waals surface area contributed by atoms with E-state index in [1.807, 2.05) is 23.1 Å². The molecule has 13 heteroatoms. The number of fused-ring (bicyclic) bond motifs is 3. The van der Waals surface area contributed by atoms with Crippen molar-refractivity contribution < 1.29 is 39.5 Å². The molecule has 0 spiro atoms. The Kier molecular flexibility index (Phi) is 8.39. The number of aromatic nitrogens is 2. The molecule has 4 heterocycles. The van der Waals surface area contributed by atoms with Gasteiger partial charge in [0.2, 0.25) is 0 Å². The van der Waals surface area contributed by atoms with Crippen molar-refractivity contribution in [1.82, 2.24) is 14.9 Å². The van der Waals surface area contributed by atoms with Gasteiger partial charge in [0, 0.05) is 13.2 Å². The number of H-pyrrole nitrogens is 1. The highest BCUT2D eigenvalue weighted by Gasteiger charge is 2.43. The van der Waals surface area contributed by atoms with Crippen LogP contribution in [0.5, 0.6) is 0 Å². The first-order chi connectivity index (χ1) is 18.2. The maximum Gasteiger partial charge on any atom is 0.335 e. The van der Waals surface area contributed by atoms with Crippen LogP contribution in [0, 0.1) is 0 Å². The Morgan fingerprint density at radius 2 is 1.84 bits per heavy atom. The van der Waals surface area contributed by atoms with E-state index < -0.39 is 24.1 Å². The van der Waals surface area contributed by atoms with Gasteiger partial charge in [-0.2, -0.15) is 0 Å². The van der Waals surface area contributed by atoms with E-state index in [4.69, 9.17) is 35.1 Å². The van der Waals surface area contributed by atoms with Crippen LogP contribution in [0.25, 0.3) is 0 Å². The minimum absolute atomic E-state index is 0.0141. The Morgan fingerprint density at radius 3 is 2.42 bits per heavy atom. The van der Waals surface area contributed by atoms with Gasteiger partial charge in [0.05, 0.1) is 12.6 Å². The van der Waals surface area contributed by atoms with Crippen molar-refractivity contribution in [2.75, 3.05) is 24.6 Å². The van der Waals surface area contributed by atoms with Crippen LogP contribution in [0.15, 0.2) is 35.3 Å². The number of carboxylic acids is 2. The summed E-state index contributed by atoms with van der Waals surface area (Å²) in [6, 6.07) is 10.4. The standard InChI is InChI=1S/C21H25N5O2.C4H6O6/c1-2-10-25-20-17(23-18(24-20)16-9-6-11-28-16)19-22-15(13-26(19)21(25)27)12-14-7-4-3-5-8-14;5-1(3(7)8)2(6)4(9)10/h3-5,7-8,15-16H,2,6,9-13H2,1H3,(H,23,24);1-2,5-6H,(H,7,8)(H,9,10)/t15?,16-;/m1./s1. The van der Waals surface area contributed by atoms with Crippen LogP contribution < -0.4 is 4.90 Å². The molecular formula is C25H31N5O8. The summed E-state index contributed by atoms with van der Waals surface area (Å²) < 4.78 is 5.80. The van der Waals surface area contributed by atoms with Gasteiger partial charge in [-0.05, 0) is 31.2 Å². The lowest BCUT2D eigenvalue weighted by Crippen LogP contribution is -2.50. The lowest BCUT2D eigenvalue weighted by atomic mass is 10.1. The highest BCUT2D eigenvalue weighted by molar-refractivity contribution is 6.18. The fourth-order valence-corrected chi connectivity index (χ4v) is 4.56. The number of imidazole rings is 1. The Hall–Kier alpha value is -3.81. The van der Waals surface area contributed by atoms with Gasteiger partial charge in [0.25, 0.3) is 0 Å². The largest absolute Gasteiger partial charge is 0.479 e. The number of nitrogens with one attached hydrogen (secondary N) is 1. The first-order valence-electron chi connectivity index (χ1n) is 12.5. The zero-order valence-corrected chi connectivity index (χ0v) is 20.9. The number of amides is 2. The number of anilines is 1. The maximum absolute atomic E-state index is 13.2. The first kappa shape index (κ1) is 27.2. The molecule has 0 aliphatic carbocycles. The third-order valence-corrected chi connectivity index (χ3v) is 6.40. The quantitative estimate of drug-likeness (QED) is 0.334. The summed E-state index contributed by atoms with van der Waals surface area (Å²) in [5.41, 5.74) is 2.09. The lowest BCUT2D eigenvalue weighted by Gasteiger charge is -2.32. The number of aliphatic imine (C=N–C) groups is 1. The molecule has 3 aliphatic rings. The summed E-state index contributed by atoms with van der Waals surface area (Å²) in [6.07, 6.45) is -0.846. The number of carbonyl (C=O) groups is 3. The molecule has 3 aliphatic heterocycles. The lowest BCUT2D eigenvalue weighted by molar-refractivity contribution is -0.165. The number of aliphatic carboxylic acids is 2. The Balaban J connectivity index is 0.000000289. The topological polar surface area (TPSA) is 189 Å².